The summed E-state index contributed by atoms with van der Waals surface area (Å²) in [7, 11) is 0. The summed E-state index contributed by atoms with van der Waals surface area (Å²) >= 11 is 0. The summed E-state index contributed by atoms with van der Waals surface area (Å²) in [5.74, 6) is -0.697. The molecule has 2 amide bonds. The lowest BCUT2D eigenvalue weighted by Gasteiger charge is -2.05. The molecule has 0 aliphatic carbocycles. The molecule has 5 nitrogen and oxygen atoms in total. The fourth-order valence-corrected chi connectivity index (χ4v) is 2.42. The lowest BCUT2D eigenvalue weighted by atomic mass is 10.1. The van der Waals surface area contributed by atoms with Crippen molar-refractivity contribution in [1.29, 1.82) is 0 Å². The van der Waals surface area contributed by atoms with Gasteiger partial charge in [0.05, 0.1) is 0 Å². The Labute approximate surface area is 154 Å². The lowest BCUT2D eigenvalue weighted by Crippen LogP contribution is -2.31. The van der Waals surface area contributed by atoms with Crippen LogP contribution in [0.25, 0.3) is 0 Å². The number of rotatable bonds is 9. The molecule has 0 bridgehead atoms. The predicted octanol–water partition coefficient (Wildman–Crippen LogP) is 2.86. The molecule has 26 heavy (non-hydrogen) atoms. The van der Waals surface area contributed by atoms with Crippen molar-refractivity contribution in [3.63, 3.8) is 0 Å². The molecule has 0 heterocycles. The van der Waals surface area contributed by atoms with Crippen LogP contribution in [0.15, 0.2) is 65.8 Å². The molecular weight excluding hydrogens is 326 g/mol. The van der Waals surface area contributed by atoms with E-state index < -0.39 is 5.91 Å². The summed E-state index contributed by atoms with van der Waals surface area (Å²) in [4.78, 5) is 23.6. The molecule has 0 aliphatic rings. The Hall–Kier alpha value is -2.95. The first-order valence-electron chi connectivity index (χ1n) is 8.80. The van der Waals surface area contributed by atoms with Crippen LogP contribution in [0.2, 0.25) is 0 Å². The zero-order valence-corrected chi connectivity index (χ0v) is 15.1. The molecule has 0 spiro atoms. The number of hydrazone groups is 1. The van der Waals surface area contributed by atoms with Crippen molar-refractivity contribution in [3.05, 3.63) is 71.8 Å². The fourth-order valence-electron chi connectivity index (χ4n) is 2.42. The monoisotopic (exact) mass is 351 g/mol. The molecule has 0 aromatic heterocycles. The second kappa shape index (κ2) is 10.8. The third-order valence-electron chi connectivity index (χ3n) is 3.89. The maximum absolute atomic E-state index is 11.8. The topological polar surface area (TPSA) is 70.6 Å². The molecule has 2 aromatic rings. The number of hydrogen-bond acceptors (Lipinski definition) is 3. The zero-order valence-electron chi connectivity index (χ0n) is 15.1. The molecule has 0 radical (unpaired) electrons. The van der Waals surface area contributed by atoms with Gasteiger partial charge in [0.25, 0.3) is 0 Å². The molecule has 0 fully saturated rings. The highest BCUT2D eigenvalue weighted by atomic mass is 16.2. The minimum atomic E-state index is -0.402. The maximum Gasteiger partial charge on any atom is 0.249 e. The quantitative estimate of drug-likeness (QED) is 0.414. The second-order valence-electron chi connectivity index (χ2n) is 6.13. The summed E-state index contributed by atoms with van der Waals surface area (Å²) in [6.07, 6.45) is 2.15. The molecule has 0 saturated heterocycles. The zero-order chi connectivity index (χ0) is 18.6. The first-order chi connectivity index (χ1) is 12.6. The van der Waals surface area contributed by atoms with Crippen LogP contribution in [-0.4, -0.2) is 24.1 Å². The van der Waals surface area contributed by atoms with Gasteiger partial charge in [0.2, 0.25) is 11.8 Å². The molecule has 5 heteroatoms. The fraction of sp³-hybridized carbons (Fsp3) is 0.286. The number of amides is 2. The van der Waals surface area contributed by atoms with Crippen LogP contribution in [0.1, 0.15) is 30.9 Å². The number of nitrogens with zero attached hydrogens (tertiary/aromatic N) is 1. The molecule has 0 unspecified atom stereocenters. The van der Waals surface area contributed by atoms with E-state index in [0.29, 0.717) is 6.54 Å². The van der Waals surface area contributed by atoms with Crippen molar-refractivity contribution in [2.75, 3.05) is 6.54 Å². The van der Waals surface area contributed by atoms with Crippen LogP contribution in [0.5, 0.6) is 0 Å². The molecule has 0 atom stereocenters. The minimum Gasteiger partial charge on any atom is -0.355 e. The summed E-state index contributed by atoms with van der Waals surface area (Å²) in [6, 6.07) is 20.0. The van der Waals surface area contributed by atoms with Gasteiger partial charge in [-0.25, -0.2) is 5.43 Å². The van der Waals surface area contributed by atoms with E-state index in [0.717, 1.165) is 30.5 Å². The van der Waals surface area contributed by atoms with Gasteiger partial charge in [-0.2, -0.15) is 5.10 Å². The van der Waals surface area contributed by atoms with Gasteiger partial charge in [0.15, 0.2) is 0 Å². The van der Waals surface area contributed by atoms with Gasteiger partial charge in [-0.05, 0) is 37.3 Å². The normalized spacial score (nSPS) is 11.0. The van der Waals surface area contributed by atoms with Crippen LogP contribution >= 0.6 is 0 Å². The van der Waals surface area contributed by atoms with Crippen molar-refractivity contribution in [3.8, 4) is 0 Å². The van der Waals surface area contributed by atoms with Crippen molar-refractivity contribution in [2.24, 2.45) is 5.10 Å². The van der Waals surface area contributed by atoms with Gasteiger partial charge in [-0.15, -0.1) is 0 Å². The highest BCUT2D eigenvalue weighted by Crippen LogP contribution is 2.03. The summed E-state index contributed by atoms with van der Waals surface area (Å²) in [6.45, 7) is 2.37. The number of carbonyl (C=O) groups is 2. The van der Waals surface area contributed by atoms with Gasteiger partial charge in [0, 0.05) is 12.3 Å². The summed E-state index contributed by atoms with van der Waals surface area (Å²) in [5, 5.41) is 6.81. The Morgan fingerprint density at radius 1 is 0.846 bits per heavy atom. The summed E-state index contributed by atoms with van der Waals surface area (Å²) < 4.78 is 0. The van der Waals surface area contributed by atoms with E-state index in [4.69, 9.17) is 0 Å². The lowest BCUT2D eigenvalue weighted by molar-refractivity contribution is -0.129. The van der Waals surface area contributed by atoms with Crippen molar-refractivity contribution < 1.29 is 9.59 Å². The van der Waals surface area contributed by atoms with E-state index in [9.17, 15) is 9.59 Å². The second-order valence-corrected chi connectivity index (χ2v) is 6.13. The van der Waals surface area contributed by atoms with E-state index in [2.05, 4.69) is 28.0 Å². The van der Waals surface area contributed by atoms with Gasteiger partial charge in [-0.1, -0.05) is 60.7 Å². The molecular formula is C21H25N3O2. The van der Waals surface area contributed by atoms with Gasteiger partial charge in [-0.3, -0.25) is 9.59 Å². The van der Waals surface area contributed by atoms with E-state index in [-0.39, 0.29) is 12.3 Å². The Kier molecular flexibility index (Phi) is 8.06. The number of aryl methyl sites for hydroxylation is 1. The Morgan fingerprint density at radius 2 is 1.42 bits per heavy atom. The van der Waals surface area contributed by atoms with Crippen LogP contribution in [0.4, 0.5) is 0 Å². The van der Waals surface area contributed by atoms with Gasteiger partial charge < -0.3 is 5.32 Å². The molecule has 0 aliphatic heterocycles. The number of benzene rings is 2. The largest absolute Gasteiger partial charge is 0.355 e. The standard InChI is InChI=1S/C21H25N3O2/c1-17(12-13-18-8-4-2-5-9-18)23-24-21(26)16-20(25)22-15-14-19-10-6-3-7-11-19/h2-11H,12-16H2,1H3,(H,22,25)(H,24,26). The highest BCUT2D eigenvalue weighted by molar-refractivity contribution is 5.97. The smallest absolute Gasteiger partial charge is 0.249 e. The van der Waals surface area contributed by atoms with E-state index in [1.165, 1.54) is 5.56 Å². The van der Waals surface area contributed by atoms with Crippen molar-refractivity contribution >= 4 is 17.5 Å². The Morgan fingerprint density at radius 3 is 2.04 bits per heavy atom. The highest BCUT2D eigenvalue weighted by Gasteiger charge is 2.08. The van der Waals surface area contributed by atoms with Crippen molar-refractivity contribution in [1.82, 2.24) is 10.7 Å². The Balaban J connectivity index is 1.63. The molecule has 0 saturated carbocycles. The Bertz CT molecular complexity index is 727. The first kappa shape index (κ1) is 19.4. The molecule has 2 N–H and O–H groups in total. The minimum absolute atomic E-state index is 0.218. The van der Waals surface area contributed by atoms with Crippen LogP contribution < -0.4 is 10.7 Å². The average Bonchev–Trinajstić information content (AvgIpc) is 2.66. The predicted molar refractivity (Wildman–Crippen MR) is 104 cm³/mol. The number of carbonyl (C=O) groups excluding carboxylic acids is 2. The first-order valence-corrected chi connectivity index (χ1v) is 8.80. The van der Waals surface area contributed by atoms with Crippen LogP contribution in [-0.2, 0) is 22.4 Å². The molecule has 136 valence electrons. The van der Waals surface area contributed by atoms with Crippen LogP contribution in [0.3, 0.4) is 0 Å². The van der Waals surface area contributed by atoms with E-state index >= 15 is 0 Å². The van der Waals surface area contributed by atoms with Crippen LogP contribution in [0, 0.1) is 0 Å². The molecule has 2 aromatic carbocycles. The van der Waals surface area contributed by atoms with E-state index in [1.807, 2.05) is 55.5 Å². The average molecular weight is 351 g/mol. The van der Waals surface area contributed by atoms with Crippen molar-refractivity contribution in [2.45, 2.75) is 32.6 Å². The maximum atomic E-state index is 11.8. The summed E-state index contributed by atoms with van der Waals surface area (Å²) in [5.41, 5.74) is 5.65. The third kappa shape index (κ3) is 7.75. The third-order valence-corrected chi connectivity index (χ3v) is 3.89. The number of nitrogens with one attached hydrogen (secondary N) is 2. The number of hydrogen-bond donors (Lipinski definition) is 2. The van der Waals surface area contributed by atoms with Gasteiger partial charge >= 0.3 is 0 Å². The van der Waals surface area contributed by atoms with E-state index in [1.54, 1.807) is 0 Å². The SMILES string of the molecule is CC(CCc1ccccc1)=NNC(=O)CC(=O)NCCc1ccccc1. The van der Waals surface area contributed by atoms with Gasteiger partial charge in [0.1, 0.15) is 6.42 Å². The molecule has 2 rings (SSSR count).